The fraction of sp³-hybridized carbons (Fsp3) is 0.250. The van der Waals surface area contributed by atoms with Gasteiger partial charge in [0, 0.05) is 23.3 Å². The zero-order valence-corrected chi connectivity index (χ0v) is 21.9. The van der Waals surface area contributed by atoms with Crippen molar-refractivity contribution in [2.45, 2.75) is 30.5 Å². The molecule has 1 saturated carbocycles. The first-order valence-corrected chi connectivity index (χ1v) is 12.6. The molecule has 0 radical (unpaired) electrons. The molecular weight excluding hydrogens is 545 g/mol. The van der Waals surface area contributed by atoms with Gasteiger partial charge in [0.25, 0.3) is 5.69 Å². The lowest BCUT2D eigenvalue weighted by atomic mass is 9.39. The van der Waals surface area contributed by atoms with Crippen LogP contribution in [-0.4, -0.2) is 27.2 Å². The molecule has 5 rings (SSSR count). The van der Waals surface area contributed by atoms with Crippen LogP contribution in [0.1, 0.15) is 36.5 Å². The van der Waals surface area contributed by atoms with E-state index in [1.165, 1.54) is 12.1 Å². The zero-order chi connectivity index (χ0) is 28.4. The number of allylic oxidation sites excluding steroid dienone is 2. The summed E-state index contributed by atoms with van der Waals surface area (Å²) in [5.41, 5.74) is -5.34. The number of Topliss-reactive ketones (excluding diaryl/α,β-unsaturated/α-hetero) is 2. The maximum atomic E-state index is 13.8. The Labute approximate surface area is 231 Å². The lowest BCUT2D eigenvalue weighted by Crippen LogP contribution is -2.68. The molecule has 0 spiro atoms. The summed E-state index contributed by atoms with van der Waals surface area (Å²) >= 11 is 12.5. The molecule has 3 aliphatic carbocycles. The Morgan fingerprint density at radius 3 is 2.03 bits per heavy atom. The average molecular weight is 562 g/mol. The first-order chi connectivity index (χ1) is 18.5. The normalized spacial score (nSPS) is 26.1. The van der Waals surface area contributed by atoms with Crippen molar-refractivity contribution in [1.82, 2.24) is 0 Å². The summed E-state index contributed by atoms with van der Waals surface area (Å²) in [4.78, 5) is 51.5. The third-order valence-electron chi connectivity index (χ3n) is 7.47. The Kier molecular flexibility index (Phi) is 5.99. The third-order valence-corrected chi connectivity index (χ3v) is 8.50. The Balaban J connectivity index is 1.98. The van der Waals surface area contributed by atoms with Crippen molar-refractivity contribution in [2.75, 3.05) is 0 Å². The van der Waals surface area contributed by atoms with Crippen LogP contribution in [0.15, 0.2) is 57.7 Å². The second-order valence-electron chi connectivity index (χ2n) is 9.68. The summed E-state index contributed by atoms with van der Waals surface area (Å²) < 4.78 is 5.50. The molecule has 1 fully saturated rings. The lowest BCUT2D eigenvalue weighted by molar-refractivity contribution is -0.384. The van der Waals surface area contributed by atoms with Crippen molar-refractivity contribution < 1.29 is 18.9 Å². The molecule has 11 heteroatoms. The van der Waals surface area contributed by atoms with E-state index in [2.05, 4.69) is 0 Å². The molecule has 0 bridgehead atoms. The number of furan rings is 1. The van der Waals surface area contributed by atoms with Crippen LogP contribution in [0.5, 0.6) is 0 Å². The quantitative estimate of drug-likeness (QED) is 0.242. The Bertz CT molecular complexity index is 1750. The molecule has 1 aliphatic heterocycles. The molecule has 4 atom stereocenters. The second-order valence-corrected chi connectivity index (χ2v) is 10.6. The van der Waals surface area contributed by atoms with E-state index in [0.29, 0.717) is 0 Å². The van der Waals surface area contributed by atoms with Crippen LogP contribution in [0.4, 0.5) is 5.69 Å². The van der Waals surface area contributed by atoms with E-state index in [9.17, 15) is 35.0 Å². The number of nitro benzene ring substituents is 1. The number of nitrogens with zero attached hydrogens (tertiary/aromatic N) is 3. The van der Waals surface area contributed by atoms with Crippen molar-refractivity contribution in [3.05, 3.63) is 85.8 Å². The van der Waals surface area contributed by atoms with E-state index in [-0.39, 0.29) is 45.2 Å². The molecule has 4 aliphatic rings. The number of fused-ring (bicyclic) bond motifs is 2. The van der Waals surface area contributed by atoms with Gasteiger partial charge in [0.1, 0.15) is 16.5 Å². The van der Waals surface area contributed by atoms with Crippen molar-refractivity contribution >= 4 is 51.6 Å². The van der Waals surface area contributed by atoms with Gasteiger partial charge in [-0.2, -0.15) is 10.5 Å². The SMILES string of the molecule is CC(C)c1cccc2oc(=O)c(C3=C(c4ccc([N+](=O)[O-])cc4)C4(C#N)C(=O)C(Cl)C(Cl)C(=O)C34C#N)c-2c1. The molecule has 39 heavy (non-hydrogen) atoms. The predicted octanol–water partition coefficient (Wildman–Crippen LogP) is 5.09. The number of benzene rings is 1. The molecule has 9 nitrogen and oxygen atoms in total. The van der Waals surface area contributed by atoms with Crippen LogP contribution < -0.4 is 5.63 Å². The molecule has 0 saturated heterocycles. The van der Waals surface area contributed by atoms with E-state index in [1.54, 1.807) is 18.2 Å². The highest BCUT2D eigenvalue weighted by Crippen LogP contribution is 2.71. The second kappa shape index (κ2) is 8.88. The summed E-state index contributed by atoms with van der Waals surface area (Å²) in [6.07, 6.45) is 0. The highest BCUT2D eigenvalue weighted by molar-refractivity contribution is 6.50. The number of hydrogen-bond acceptors (Lipinski definition) is 8. The van der Waals surface area contributed by atoms with Crippen molar-refractivity contribution in [1.29, 1.82) is 10.5 Å². The third kappa shape index (κ3) is 3.21. The molecule has 194 valence electrons. The number of hydrogen-bond donors (Lipinski definition) is 0. The summed E-state index contributed by atoms with van der Waals surface area (Å²) in [6.45, 7) is 3.87. The van der Waals surface area contributed by atoms with Gasteiger partial charge in [0.05, 0.1) is 22.6 Å². The van der Waals surface area contributed by atoms with Crippen molar-refractivity contribution in [3.8, 4) is 23.5 Å². The topological polar surface area (TPSA) is 155 Å². The molecule has 0 N–H and O–H groups in total. The Morgan fingerprint density at radius 2 is 1.51 bits per heavy atom. The minimum absolute atomic E-state index is 0.0215. The summed E-state index contributed by atoms with van der Waals surface area (Å²) in [5, 5.41) is 29.0. The number of carbonyl (C=O) groups is 2. The largest absolute Gasteiger partial charge is 0.422 e. The number of alkyl halides is 2. The van der Waals surface area contributed by atoms with Gasteiger partial charge in [-0.1, -0.05) is 26.0 Å². The molecule has 0 amide bonds. The predicted molar refractivity (Wildman–Crippen MR) is 141 cm³/mol. The number of rotatable bonds is 4. The van der Waals surface area contributed by atoms with Gasteiger partial charge in [0.2, 0.25) is 0 Å². The molecule has 0 aromatic heterocycles. The van der Waals surface area contributed by atoms with Gasteiger partial charge in [-0.3, -0.25) is 19.7 Å². The highest BCUT2D eigenvalue weighted by atomic mass is 35.5. The van der Waals surface area contributed by atoms with Gasteiger partial charge in [-0.25, -0.2) is 4.79 Å². The van der Waals surface area contributed by atoms with Gasteiger partial charge in [0.15, 0.2) is 22.4 Å². The number of ketones is 2. The standard InChI is InChI=1S/C28H17Cl2N3O6/c1-13(2)15-4-3-5-18-17(10-15)19(26(36)39-18)21-20(14-6-8-16(9-7-14)33(37)38)27(11-31)24(34)22(29)23(30)25(35)28(21,27)12-32/h3-10,13,22-23H,1-2H3. The minimum Gasteiger partial charge on any atom is -0.422 e. The van der Waals surface area contributed by atoms with E-state index in [0.717, 1.165) is 17.7 Å². The number of halogens is 2. The Hall–Kier alpha value is -4.31. The summed E-state index contributed by atoms with van der Waals surface area (Å²) in [6, 6.07) is 15.4. The van der Waals surface area contributed by atoms with Crippen LogP contribution >= 0.6 is 23.2 Å². The van der Waals surface area contributed by atoms with Gasteiger partial charge >= 0.3 is 5.63 Å². The maximum Gasteiger partial charge on any atom is 0.344 e. The fourth-order valence-corrected chi connectivity index (χ4v) is 6.12. The van der Waals surface area contributed by atoms with Gasteiger partial charge in [-0.15, -0.1) is 23.2 Å². The lowest BCUT2D eigenvalue weighted by Gasteiger charge is -2.55. The number of non-ortho nitro benzene ring substituents is 1. The van der Waals surface area contributed by atoms with Crippen LogP contribution in [0.2, 0.25) is 0 Å². The van der Waals surface area contributed by atoms with Gasteiger partial charge < -0.3 is 4.42 Å². The molecule has 1 heterocycles. The van der Waals surface area contributed by atoms with E-state index in [1.807, 2.05) is 32.1 Å². The van der Waals surface area contributed by atoms with Crippen molar-refractivity contribution in [2.24, 2.45) is 10.8 Å². The molecule has 1 aromatic rings. The van der Waals surface area contributed by atoms with E-state index < -0.39 is 43.7 Å². The van der Waals surface area contributed by atoms with Crippen LogP contribution in [0, 0.1) is 43.6 Å². The van der Waals surface area contributed by atoms with Crippen LogP contribution in [-0.2, 0) is 9.59 Å². The first kappa shape index (κ1) is 26.3. The number of nitro groups is 1. The molecular formula is C28H17Cl2N3O6. The van der Waals surface area contributed by atoms with Crippen molar-refractivity contribution in [3.63, 3.8) is 0 Å². The van der Waals surface area contributed by atoms with E-state index >= 15 is 0 Å². The number of nitriles is 2. The fourth-order valence-electron chi connectivity index (χ4n) is 5.56. The van der Waals surface area contributed by atoms with Crippen LogP contribution in [0.3, 0.4) is 0 Å². The molecule has 1 aromatic carbocycles. The summed E-state index contributed by atoms with van der Waals surface area (Å²) in [5.74, 6) is -1.79. The highest BCUT2D eigenvalue weighted by Gasteiger charge is 2.79. The van der Waals surface area contributed by atoms with Gasteiger partial charge in [-0.05, 0) is 46.9 Å². The first-order valence-electron chi connectivity index (χ1n) is 11.7. The monoisotopic (exact) mass is 561 g/mol. The average Bonchev–Trinajstić information content (AvgIpc) is 3.06. The summed E-state index contributed by atoms with van der Waals surface area (Å²) in [7, 11) is 0. The minimum atomic E-state index is -2.48. The maximum absolute atomic E-state index is 13.8. The van der Waals surface area contributed by atoms with E-state index in [4.69, 9.17) is 27.6 Å². The zero-order valence-electron chi connectivity index (χ0n) is 20.4. The van der Waals surface area contributed by atoms with Crippen LogP contribution in [0.25, 0.3) is 22.5 Å². The smallest absolute Gasteiger partial charge is 0.344 e. The molecule has 4 unspecified atom stereocenters. The number of carbonyl (C=O) groups excluding carboxylic acids is 2. The Morgan fingerprint density at radius 1 is 0.949 bits per heavy atom.